The van der Waals surface area contributed by atoms with Gasteiger partial charge in [-0.15, -0.1) is 11.3 Å². The van der Waals surface area contributed by atoms with Crippen molar-refractivity contribution in [2.24, 2.45) is 11.7 Å². The summed E-state index contributed by atoms with van der Waals surface area (Å²) in [4.78, 5) is 1.28. The van der Waals surface area contributed by atoms with Gasteiger partial charge in [-0.05, 0) is 29.4 Å². The van der Waals surface area contributed by atoms with Crippen LogP contribution in [0.4, 0.5) is 0 Å². The predicted octanol–water partition coefficient (Wildman–Crippen LogP) is 4.15. The van der Waals surface area contributed by atoms with Crippen LogP contribution in [0.1, 0.15) is 11.3 Å². The van der Waals surface area contributed by atoms with Gasteiger partial charge in [0.05, 0.1) is 0 Å². The van der Waals surface area contributed by atoms with E-state index in [0.29, 0.717) is 12.5 Å². The molecule has 106 valence electrons. The van der Waals surface area contributed by atoms with Gasteiger partial charge in [0.1, 0.15) is 11.4 Å². The van der Waals surface area contributed by atoms with Crippen LogP contribution in [0, 0.1) is 5.92 Å². The molecule has 2 aromatic carbocycles. The molecule has 1 fully saturated rings. The molecule has 0 spiro atoms. The Morgan fingerprint density at radius 3 is 2.71 bits per heavy atom. The molecule has 1 heterocycles. The van der Waals surface area contributed by atoms with Crippen molar-refractivity contribution in [3.8, 4) is 5.75 Å². The van der Waals surface area contributed by atoms with E-state index in [0.717, 1.165) is 12.2 Å². The molecule has 2 N–H and O–H groups in total. The summed E-state index contributed by atoms with van der Waals surface area (Å²) in [5.74, 6) is 1.37. The maximum Gasteiger partial charge on any atom is 0.148 e. The Hall–Kier alpha value is -1.84. The minimum Gasteiger partial charge on any atom is -0.481 e. The van der Waals surface area contributed by atoms with Gasteiger partial charge in [0.15, 0.2) is 0 Å². The molecule has 0 aliphatic heterocycles. The van der Waals surface area contributed by atoms with Crippen molar-refractivity contribution in [1.82, 2.24) is 0 Å². The summed E-state index contributed by atoms with van der Waals surface area (Å²) in [5.41, 5.74) is 5.69. The lowest BCUT2D eigenvalue weighted by Gasteiger charge is -2.20. The molecule has 0 bridgehead atoms. The molecule has 0 unspecified atom stereocenters. The van der Waals surface area contributed by atoms with Gasteiger partial charge in [0.25, 0.3) is 0 Å². The van der Waals surface area contributed by atoms with Crippen LogP contribution >= 0.6 is 11.3 Å². The highest BCUT2D eigenvalue weighted by Crippen LogP contribution is 2.56. The second-order valence-electron chi connectivity index (χ2n) is 5.58. The number of thiophene rings is 1. The second kappa shape index (κ2) is 4.86. The highest BCUT2D eigenvalue weighted by Gasteiger charge is 2.58. The Bertz CT molecular complexity index is 762. The summed E-state index contributed by atoms with van der Waals surface area (Å²) in [7, 11) is 0. The molecular formula is C18H17NOS. The fourth-order valence-corrected chi connectivity index (χ4v) is 4.01. The van der Waals surface area contributed by atoms with E-state index in [9.17, 15) is 0 Å². The van der Waals surface area contributed by atoms with E-state index in [1.165, 1.54) is 15.6 Å². The summed E-state index contributed by atoms with van der Waals surface area (Å²) in [6.45, 7) is 0.669. The van der Waals surface area contributed by atoms with Crippen LogP contribution in [0.3, 0.4) is 0 Å². The van der Waals surface area contributed by atoms with E-state index in [1.54, 1.807) is 11.3 Å². The van der Waals surface area contributed by atoms with Crippen molar-refractivity contribution in [3.05, 3.63) is 64.9 Å². The molecule has 3 heteroatoms. The third-order valence-electron chi connectivity index (χ3n) is 4.31. The van der Waals surface area contributed by atoms with Crippen molar-refractivity contribution < 1.29 is 4.74 Å². The van der Waals surface area contributed by atoms with E-state index in [1.807, 2.05) is 0 Å². The smallest absolute Gasteiger partial charge is 0.148 e. The van der Waals surface area contributed by atoms with Gasteiger partial charge in [-0.2, -0.15) is 0 Å². The number of rotatable bonds is 4. The van der Waals surface area contributed by atoms with Crippen molar-refractivity contribution in [3.63, 3.8) is 0 Å². The summed E-state index contributed by atoms with van der Waals surface area (Å²) < 4.78 is 6.50. The molecule has 1 aromatic heterocycles. The molecule has 1 saturated carbocycles. The number of fused-ring (bicyclic) bond motifs is 1. The SMILES string of the molecule is NC[C@H]1C[C@]1(Oc1cccc2ccccc12)c1cccs1. The first-order chi connectivity index (χ1) is 10.3. The molecule has 3 aromatic rings. The number of benzene rings is 2. The Morgan fingerprint density at radius 1 is 1.10 bits per heavy atom. The highest BCUT2D eigenvalue weighted by atomic mass is 32.1. The quantitative estimate of drug-likeness (QED) is 0.784. The van der Waals surface area contributed by atoms with Gasteiger partial charge >= 0.3 is 0 Å². The zero-order valence-electron chi connectivity index (χ0n) is 11.7. The molecular weight excluding hydrogens is 278 g/mol. The molecule has 0 saturated heterocycles. The molecule has 2 atom stereocenters. The van der Waals surface area contributed by atoms with Crippen molar-refractivity contribution in [2.45, 2.75) is 12.0 Å². The molecule has 1 aliphatic rings. The van der Waals surface area contributed by atoms with E-state index in [2.05, 4.69) is 60.0 Å². The number of hydrogen-bond acceptors (Lipinski definition) is 3. The fraction of sp³-hybridized carbons (Fsp3) is 0.222. The molecule has 0 radical (unpaired) electrons. The van der Waals surface area contributed by atoms with Gasteiger partial charge < -0.3 is 10.5 Å². The summed E-state index contributed by atoms with van der Waals surface area (Å²) in [6.07, 6.45) is 1.01. The van der Waals surface area contributed by atoms with Crippen LogP contribution in [-0.2, 0) is 5.60 Å². The van der Waals surface area contributed by atoms with Crippen LogP contribution < -0.4 is 10.5 Å². The van der Waals surface area contributed by atoms with Crippen LogP contribution in [0.5, 0.6) is 5.75 Å². The van der Waals surface area contributed by atoms with Crippen LogP contribution in [0.25, 0.3) is 10.8 Å². The third-order valence-corrected chi connectivity index (χ3v) is 5.34. The van der Waals surface area contributed by atoms with Gasteiger partial charge in [-0.25, -0.2) is 0 Å². The van der Waals surface area contributed by atoms with Gasteiger partial charge in [-0.3, -0.25) is 0 Å². The molecule has 21 heavy (non-hydrogen) atoms. The van der Waals surface area contributed by atoms with E-state index < -0.39 is 0 Å². The lowest BCUT2D eigenvalue weighted by Crippen LogP contribution is -2.21. The topological polar surface area (TPSA) is 35.2 Å². The van der Waals surface area contributed by atoms with E-state index in [4.69, 9.17) is 10.5 Å². The second-order valence-corrected chi connectivity index (χ2v) is 6.53. The minimum absolute atomic E-state index is 0.215. The van der Waals surface area contributed by atoms with Crippen LogP contribution in [0.2, 0.25) is 0 Å². The van der Waals surface area contributed by atoms with E-state index in [-0.39, 0.29) is 5.60 Å². The van der Waals surface area contributed by atoms with Crippen molar-refractivity contribution in [1.29, 1.82) is 0 Å². The standard InChI is InChI=1S/C18H17NOS/c19-12-14-11-18(14,17-9-4-10-21-17)20-16-8-3-6-13-5-1-2-7-15(13)16/h1-10,14H,11-12,19H2/t14-,18-/m1/s1. The zero-order valence-corrected chi connectivity index (χ0v) is 12.5. The Kier molecular flexibility index (Phi) is 2.98. The molecule has 0 amide bonds. The Morgan fingerprint density at radius 2 is 1.95 bits per heavy atom. The first kappa shape index (κ1) is 12.9. The Balaban J connectivity index is 1.77. The minimum atomic E-state index is -0.215. The van der Waals surface area contributed by atoms with Gasteiger partial charge in [0, 0.05) is 22.6 Å². The fourth-order valence-electron chi connectivity index (χ4n) is 3.06. The maximum atomic E-state index is 6.50. The van der Waals surface area contributed by atoms with E-state index >= 15 is 0 Å². The Labute approximate surface area is 128 Å². The van der Waals surface area contributed by atoms with Crippen molar-refractivity contribution >= 4 is 22.1 Å². The molecule has 1 aliphatic carbocycles. The number of nitrogens with two attached hydrogens (primary N) is 1. The normalized spacial score (nSPS) is 24.1. The predicted molar refractivity (Wildman–Crippen MR) is 87.7 cm³/mol. The highest BCUT2D eigenvalue weighted by molar-refractivity contribution is 7.10. The molecule has 4 rings (SSSR count). The van der Waals surface area contributed by atoms with Crippen LogP contribution in [-0.4, -0.2) is 6.54 Å². The first-order valence-electron chi connectivity index (χ1n) is 7.24. The van der Waals surface area contributed by atoms with Crippen LogP contribution in [0.15, 0.2) is 60.0 Å². The third kappa shape index (κ3) is 2.04. The number of hydrogen-bond donors (Lipinski definition) is 1. The zero-order chi connectivity index (χ0) is 14.3. The lowest BCUT2D eigenvalue weighted by atomic mass is 10.1. The maximum absolute atomic E-state index is 6.50. The first-order valence-corrected chi connectivity index (χ1v) is 8.12. The van der Waals surface area contributed by atoms with Gasteiger partial charge in [0.2, 0.25) is 0 Å². The summed E-state index contributed by atoms with van der Waals surface area (Å²) >= 11 is 1.76. The summed E-state index contributed by atoms with van der Waals surface area (Å²) in [5, 5.41) is 4.48. The number of ether oxygens (including phenoxy) is 1. The lowest BCUT2D eigenvalue weighted by molar-refractivity contribution is 0.168. The molecule has 2 nitrogen and oxygen atoms in total. The summed E-state index contributed by atoms with van der Waals surface area (Å²) in [6, 6.07) is 18.8. The van der Waals surface area contributed by atoms with Crippen molar-refractivity contribution in [2.75, 3.05) is 6.54 Å². The monoisotopic (exact) mass is 295 g/mol. The van der Waals surface area contributed by atoms with Gasteiger partial charge in [-0.1, -0.05) is 42.5 Å². The average molecular weight is 295 g/mol. The largest absolute Gasteiger partial charge is 0.481 e. The average Bonchev–Trinajstić information content (AvgIpc) is 2.97.